The van der Waals surface area contributed by atoms with Gasteiger partial charge in [-0.15, -0.1) is 0 Å². The van der Waals surface area contributed by atoms with Gasteiger partial charge in [-0.3, -0.25) is 14.4 Å². The quantitative estimate of drug-likeness (QED) is 0.456. The molecule has 40 heavy (non-hydrogen) atoms. The first-order valence-electron chi connectivity index (χ1n) is 13.6. The van der Waals surface area contributed by atoms with Crippen LogP contribution in [-0.4, -0.2) is 72.4 Å². The first-order chi connectivity index (χ1) is 19.5. The minimum atomic E-state index is -1.42. The molecule has 0 bridgehead atoms. The van der Waals surface area contributed by atoms with Crippen LogP contribution in [0, 0.1) is 11.8 Å². The maximum absolute atomic E-state index is 14.6. The van der Waals surface area contributed by atoms with Crippen molar-refractivity contribution in [3.05, 3.63) is 84.5 Å². The number of aliphatic hydroxyl groups excluding tert-OH is 1. The molecule has 1 spiro atoms. The zero-order valence-electron chi connectivity index (χ0n) is 22.2. The Morgan fingerprint density at radius 3 is 2.55 bits per heavy atom. The number of anilines is 1. The van der Waals surface area contributed by atoms with E-state index in [2.05, 4.69) is 0 Å². The number of carbonyl (C=O) groups excluding carboxylic acids is 3. The van der Waals surface area contributed by atoms with Crippen LogP contribution in [0.15, 0.2) is 78.9 Å². The predicted molar refractivity (Wildman–Crippen MR) is 145 cm³/mol. The van der Waals surface area contributed by atoms with Crippen molar-refractivity contribution in [3.63, 3.8) is 0 Å². The van der Waals surface area contributed by atoms with Crippen molar-refractivity contribution in [2.24, 2.45) is 11.8 Å². The van der Waals surface area contributed by atoms with Gasteiger partial charge in [-0.25, -0.2) is 0 Å². The molecule has 2 amide bonds. The molecule has 2 aromatic rings. The van der Waals surface area contributed by atoms with E-state index in [0.717, 1.165) is 0 Å². The number of carbonyl (C=O) groups is 3. The van der Waals surface area contributed by atoms with Gasteiger partial charge in [-0.05, 0) is 42.7 Å². The van der Waals surface area contributed by atoms with E-state index >= 15 is 0 Å². The Bertz CT molecular complexity index is 1340. The Morgan fingerprint density at radius 1 is 1.05 bits per heavy atom. The van der Waals surface area contributed by atoms with Crippen molar-refractivity contribution in [3.8, 4) is 5.75 Å². The maximum atomic E-state index is 14.6. The Labute approximate surface area is 232 Å². The van der Waals surface area contributed by atoms with Gasteiger partial charge in [0.15, 0.2) is 0 Å². The number of hydrogen-bond acceptors (Lipinski definition) is 7. The minimum Gasteiger partial charge on any atom is -0.497 e. The van der Waals surface area contributed by atoms with Crippen molar-refractivity contribution in [2.75, 3.05) is 31.8 Å². The fourth-order valence-electron chi connectivity index (χ4n) is 6.55. The van der Waals surface area contributed by atoms with Crippen molar-refractivity contribution < 1.29 is 33.7 Å². The fourth-order valence-corrected chi connectivity index (χ4v) is 6.55. The molecule has 4 aliphatic heterocycles. The van der Waals surface area contributed by atoms with Crippen LogP contribution in [-0.2, 0) is 23.9 Å². The van der Waals surface area contributed by atoms with Crippen molar-refractivity contribution in [1.29, 1.82) is 0 Å². The summed E-state index contributed by atoms with van der Waals surface area (Å²) in [7, 11) is 1.57. The lowest BCUT2D eigenvalue weighted by molar-refractivity contribution is -0.155. The monoisotopic (exact) mass is 544 g/mol. The van der Waals surface area contributed by atoms with Gasteiger partial charge in [0.1, 0.15) is 23.3 Å². The van der Waals surface area contributed by atoms with Crippen molar-refractivity contribution in [2.45, 2.75) is 36.6 Å². The van der Waals surface area contributed by atoms with E-state index in [0.29, 0.717) is 29.8 Å². The number of rotatable bonds is 5. The highest BCUT2D eigenvalue weighted by atomic mass is 16.6. The lowest BCUT2D eigenvalue weighted by Gasteiger charge is -2.38. The third-order valence-corrected chi connectivity index (χ3v) is 8.37. The van der Waals surface area contributed by atoms with Crippen LogP contribution in [0.1, 0.15) is 24.4 Å². The van der Waals surface area contributed by atoms with Crippen LogP contribution in [0.2, 0.25) is 0 Å². The van der Waals surface area contributed by atoms with Gasteiger partial charge in [-0.2, -0.15) is 0 Å². The second-order valence-corrected chi connectivity index (χ2v) is 10.5. The highest BCUT2D eigenvalue weighted by Crippen LogP contribution is 2.55. The summed E-state index contributed by atoms with van der Waals surface area (Å²) in [5.41, 5.74) is -0.113. The van der Waals surface area contributed by atoms with Crippen LogP contribution < -0.4 is 9.64 Å². The van der Waals surface area contributed by atoms with Crippen LogP contribution in [0.3, 0.4) is 0 Å². The lowest BCUT2D eigenvalue weighted by atomic mass is 9.78. The fraction of sp³-hybridized carbons (Fsp3) is 0.387. The van der Waals surface area contributed by atoms with Gasteiger partial charge in [0.2, 0.25) is 5.91 Å². The highest BCUT2D eigenvalue weighted by molar-refractivity contribution is 6.05. The summed E-state index contributed by atoms with van der Waals surface area (Å²) in [5, 5.41) is 10.6. The number of methoxy groups -OCH3 is 1. The first kappa shape index (κ1) is 26.3. The third kappa shape index (κ3) is 4.12. The number of allylic oxidation sites excluding steroid dienone is 1. The third-order valence-electron chi connectivity index (χ3n) is 8.37. The number of cyclic esters (lactones) is 1. The van der Waals surface area contributed by atoms with Gasteiger partial charge < -0.3 is 29.1 Å². The van der Waals surface area contributed by atoms with Gasteiger partial charge >= 0.3 is 5.97 Å². The smallest absolute Gasteiger partial charge is 0.312 e. The topological polar surface area (TPSA) is 106 Å². The number of fused-ring (bicyclic) bond motifs is 2. The molecule has 9 nitrogen and oxygen atoms in total. The number of aliphatic hydroxyl groups is 1. The van der Waals surface area contributed by atoms with Crippen LogP contribution in [0.4, 0.5) is 5.69 Å². The van der Waals surface area contributed by atoms with Gasteiger partial charge in [0.25, 0.3) is 5.91 Å². The maximum Gasteiger partial charge on any atom is 0.312 e. The summed E-state index contributed by atoms with van der Waals surface area (Å²) < 4.78 is 17.5. The molecule has 208 valence electrons. The molecular formula is C31H32N2O7. The number of nitrogens with zero attached hydrogens (tertiary/aromatic N) is 2. The summed E-state index contributed by atoms with van der Waals surface area (Å²) in [4.78, 5) is 45.5. The van der Waals surface area contributed by atoms with E-state index in [1.807, 2.05) is 48.6 Å². The van der Waals surface area contributed by atoms with Crippen LogP contribution in [0.5, 0.6) is 5.75 Å². The predicted octanol–water partition coefficient (Wildman–Crippen LogP) is 2.81. The van der Waals surface area contributed by atoms with E-state index < -0.39 is 54.1 Å². The SMILES string of the molecule is COc1ccc(N2CC=C[C@]34O[C@H]5/C=C\CCCOC(=O)[C@H]5[C@H]3C(=O)N([C@H](CO)c3ccccc3)C4C2=O)cc1. The summed E-state index contributed by atoms with van der Waals surface area (Å²) in [6.07, 6.45) is 8.03. The average Bonchev–Trinajstić information content (AvgIpc) is 3.39. The number of ether oxygens (including phenoxy) is 3. The van der Waals surface area contributed by atoms with E-state index in [1.165, 1.54) is 4.90 Å². The summed E-state index contributed by atoms with van der Waals surface area (Å²) >= 11 is 0. The Hall–Kier alpha value is -3.95. The highest BCUT2D eigenvalue weighted by Gasteiger charge is 2.72. The molecule has 1 unspecified atom stereocenters. The van der Waals surface area contributed by atoms with Crippen molar-refractivity contribution >= 4 is 23.5 Å². The van der Waals surface area contributed by atoms with Crippen molar-refractivity contribution in [1.82, 2.24) is 4.90 Å². The number of esters is 1. The molecule has 2 aromatic carbocycles. The zero-order valence-corrected chi connectivity index (χ0v) is 22.2. The molecule has 6 atom stereocenters. The minimum absolute atomic E-state index is 0.242. The number of likely N-dealkylation sites (tertiary alicyclic amines) is 1. The molecule has 1 N–H and O–H groups in total. The summed E-state index contributed by atoms with van der Waals surface area (Å²) in [6.45, 7) is 0.0794. The molecule has 4 heterocycles. The number of hydrogen-bond donors (Lipinski definition) is 1. The molecule has 0 aliphatic carbocycles. The van der Waals surface area contributed by atoms with Gasteiger partial charge in [0, 0.05) is 12.2 Å². The van der Waals surface area contributed by atoms with E-state index in [1.54, 1.807) is 42.4 Å². The van der Waals surface area contributed by atoms with E-state index in [4.69, 9.17) is 14.2 Å². The normalized spacial score (nSPS) is 31.2. The molecule has 6 rings (SSSR count). The Balaban J connectivity index is 1.50. The van der Waals surface area contributed by atoms with Gasteiger partial charge in [-0.1, -0.05) is 54.6 Å². The Kier molecular flexibility index (Phi) is 6.93. The zero-order chi connectivity index (χ0) is 27.9. The molecule has 0 radical (unpaired) electrons. The van der Waals surface area contributed by atoms with Gasteiger partial charge in [0.05, 0.1) is 38.4 Å². The summed E-state index contributed by atoms with van der Waals surface area (Å²) in [5.74, 6) is -2.55. The first-order valence-corrected chi connectivity index (χ1v) is 13.6. The molecular weight excluding hydrogens is 512 g/mol. The Morgan fingerprint density at radius 2 is 1.82 bits per heavy atom. The second kappa shape index (κ2) is 10.6. The lowest BCUT2D eigenvalue weighted by Crippen LogP contribution is -2.56. The van der Waals surface area contributed by atoms with E-state index in [9.17, 15) is 19.5 Å². The second-order valence-electron chi connectivity index (χ2n) is 10.5. The molecule has 2 fully saturated rings. The van der Waals surface area contributed by atoms with E-state index in [-0.39, 0.29) is 19.1 Å². The largest absolute Gasteiger partial charge is 0.497 e. The standard InChI is InChI=1S/C31H32N2O7/c1-38-22-14-12-21(13-15-22)32-17-8-16-31-26(25-24(40-31)11-6-3-7-18-39-30(25)37)28(35)33(27(31)29(32)36)23(19-34)20-9-4-2-5-10-20/h2,4-6,8-16,23-27,34H,3,7,17-19H2,1H3/b11-6-/t23-,24+,25-,26+,27?,31+/m1/s1. The molecule has 0 aromatic heterocycles. The molecule has 4 aliphatic rings. The average molecular weight is 545 g/mol. The molecule has 0 saturated carbocycles. The summed E-state index contributed by atoms with van der Waals surface area (Å²) in [6, 6.07) is 14.3. The molecule has 9 heteroatoms. The van der Waals surface area contributed by atoms with Crippen LogP contribution >= 0.6 is 0 Å². The number of amides is 2. The number of benzene rings is 2. The molecule has 2 saturated heterocycles. The van der Waals surface area contributed by atoms with Crippen LogP contribution in [0.25, 0.3) is 0 Å².